The first-order valence-corrected chi connectivity index (χ1v) is 21.5. The summed E-state index contributed by atoms with van der Waals surface area (Å²) in [5.41, 5.74) is 12.2. The predicted molar refractivity (Wildman–Crippen MR) is 244 cm³/mol. The molecule has 3 N–H and O–H groups in total. The third-order valence-electron chi connectivity index (χ3n) is 11.1. The number of halogens is 4. The average molecular weight is 848 g/mol. The third kappa shape index (κ3) is 12.1. The van der Waals surface area contributed by atoms with Crippen molar-refractivity contribution in [3.05, 3.63) is 106 Å². The molecule has 0 amide bonds. The molecule has 0 atom stereocenters. The van der Waals surface area contributed by atoms with E-state index < -0.39 is 12.2 Å². The predicted octanol–water partition coefficient (Wildman–Crippen LogP) is 13.8. The van der Waals surface area contributed by atoms with Crippen LogP contribution in [0, 0.1) is 0 Å². The highest BCUT2D eigenvalue weighted by Crippen LogP contribution is 2.48. The number of hydrogen-bond acceptors (Lipinski definition) is 6. The Labute approximate surface area is 362 Å². The molecule has 61 heavy (non-hydrogen) atoms. The minimum Gasteiger partial charge on any atom is -0.490 e. The van der Waals surface area contributed by atoms with Crippen LogP contribution in [0.2, 0.25) is 0 Å². The number of nitrogens with one attached hydrogen (secondary N) is 3. The summed E-state index contributed by atoms with van der Waals surface area (Å²) in [4.78, 5) is 0. The molecule has 0 radical (unpaired) electrons. The van der Waals surface area contributed by atoms with Crippen LogP contribution in [0.5, 0.6) is 17.2 Å². The number of anilines is 3. The maximum absolute atomic E-state index is 13.0. The molecule has 4 aromatic carbocycles. The number of aryl methyl sites for hydroxylation is 1. The first-order chi connectivity index (χ1) is 28.0. The maximum atomic E-state index is 13.0. The first kappa shape index (κ1) is 47.4. The van der Waals surface area contributed by atoms with Crippen LogP contribution in [0.4, 0.5) is 34.6 Å². The molecule has 0 saturated heterocycles. The van der Waals surface area contributed by atoms with Crippen LogP contribution in [0.1, 0.15) is 137 Å². The molecule has 0 saturated carbocycles. The summed E-state index contributed by atoms with van der Waals surface area (Å²) in [6.07, 6.45) is -5.71. The largest absolute Gasteiger partial charge is 0.507 e. The van der Waals surface area contributed by atoms with E-state index in [0.29, 0.717) is 5.56 Å². The van der Waals surface area contributed by atoms with Gasteiger partial charge >= 0.3 is 12.2 Å². The molecule has 334 valence electrons. The Morgan fingerprint density at radius 3 is 1.56 bits per heavy atom. The van der Waals surface area contributed by atoms with Gasteiger partial charge in [0.1, 0.15) is 12.4 Å². The monoisotopic (exact) mass is 848 g/mol. The molecule has 0 spiro atoms. The molecule has 0 unspecified atom stereocenters. The van der Waals surface area contributed by atoms with Crippen molar-refractivity contribution in [2.75, 3.05) is 35.6 Å². The van der Waals surface area contributed by atoms with Gasteiger partial charge in [-0.1, -0.05) is 119 Å². The van der Waals surface area contributed by atoms with Gasteiger partial charge in [0.2, 0.25) is 0 Å². The van der Waals surface area contributed by atoms with Crippen LogP contribution in [-0.2, 0) is 34.5 Å². The van der Waals surface area contributed by atoms with Gasteiger partial charge in [-0.3, -0.25) is 0 Å². The van der Waals surface area contributed by atoms with Gasteiger partial charge in [0.05, 0.1) is 5.69 Å². The summed E-state index contributed by atoms with van der Waals surface area (Å²) in [6.45, 7) is 33.1. The van der Waals surface area contributed by atoms with Crippen molar-refractivity contribution < 1.29 is 31.8 Å². The smallest absolute Gasteiger partial charge is 0.490 e. The highest BCUT2D eigenvalue weighted by atomic mass is 19.3. The lowest BCUT2D eigenvalue weighted by atomic mass is 9.85. The van der Waals surface area contributed by atoms with Gasteiger partial charge in [-0.2, -0.15) is 17.6 Å². The fourth-order valence-electron chi connectivity index (χ4n) is 7.28. The van der Waals surface area contributed by atoms with E-state index in [0.717, 1.165) is 37.6 Å². The van der Waals surface area contributed by atoms with Crippen LogP contribution in [0.15, 0.2) is 72.8 Å². The summed E-state index contributed by atoms with van der Waals surface area (Å²) in [5, 5.41) is 10.4. The van der Waals surface area contributed by atoms with Crippen LogP contribution in [0.3, 0.4) is 0 Å². The lowest BCUT2D eigenvalue weighted by Crippen LogP contribution is -2.52. The minimum absolute atomic E-state index is 0.203. The van der Waals surface area contributed by atoms with Gasteiger partial charge < -0.3 is 30.2 Å². The molecular weight excluding hydrogens is 779 g/mol. The van der Waals surface area contributed by atoms with Crippen molar-refractivity contribution >= 4 is 17.1 Å². The normalized spacial score (nSPS) is 17.8. The number of alkyl halides is 4. The fourth-order valence-corrected chi connectivity index (χ4v) is 7.28. The average Bonchev–Trinajstić information content (AvgIpc) is 3.47. The standard InChI is InChI=1S/C14H21N.C13H19N.C12H12F4O2.C12H17NO/c1-13(2,3)11-6-7-12-10(8-11)9-14(4,5)15-12;1-13(2,3)11-7-6-10-5-4-8-14-12(10)9-11;1-10(2,3)7-4-5-8-9(6-7)18-12(15,16)11(13,14)17-8;1-12(2,3)9-4-5-11-10(8-9)13-6-7-14-11/h6-8,15H,9H2,1-5H3;6-7,9,14H,4-5,8H2,1-3H3;4-6H,1-3H3;4-5,8,13H,6-7H2,1-3H3. The van der Waals surface area contributed by atoms with Crippen molar-refractivity contribution in [3.63, 3.8) is 0 Å². The lowest BCUT2D eigenvalue weighted by Gasteiger charge is -2.32. The molecule has 8 rings (SSSR count). The molecule has 10 heteroatoms. The number of ether oxygens (including phenoxy) is 3. The summed E-state index contributed by atoms with van der Waals surface area (Å²) >= 11 is 0. The SMILES string of the molecule is CC(C)(C)c1ccc2c(c1)NCCC2.CC(C)(C)c1ccc2c(c1)NCCO2.CC(C)(C)c1ccc2c(c1)OC(F)(F)C(F)(F)O2.CC1(C)Cc2cc(C(C)(C)C)ccc2N1. The van der Waals surface area contributed by atoms with Crippen LogP contribution < -0.4 is 30.2 Å². The zero-order valence-corrected chi connectivity index (χ0v) is 38.9. The number of benzene rings is 4. The zero-order chi connectivity index (χ0) is 45.4. The Bertz CT molecular complexity index is 2080. The molecule has 0 fully saturated rings. The first-order valence-electron chi connectivity index (χ1n) is 21.5. The number of rotatable bonds is 0. The second-order valence-corrected chi connectivity index (χ2v) is 21.3. The Hall–Kier alpha value is -4.60. The summed E-state index contributed by atoms with van der Waals surface area (Å²) in [6, 6.07) is 24.1. The van der Waals surface area contributed by atoms with Gasteiger partial charge in [0.25, 0.3) is 0 Å². The minimum atomic E-state index is -4.67. The van der Waals surface area contributed by atoms with Crippen molar-refractivity contribution in [2.24, 2.45) is 0 Å². The number of hydrogen-bond donors (Lipinski definition) is 3. The molecule has 6 nitrogen and oxygen atoms in total. The van der Waals surface area contributed by atoms with Gasteiger partial charge in [-0.05, 0) is 125 Å². The van der Waals surface area contributed by atoms with E-state index in [4.69, 9.17) is 4.74 Å². The van der Waals surface area contributed by atoms with E-state index in [9.17, 15) is 17.6 Å². The molecule has 4 aliphatic heterocycles. The highest BCUT2D eigenvalue weighted by Gasteiger charge is 2.66. The molecule has 4 aliphatic rings. The molecule has 0 bridgehead atoms. The number of fused-ring (bicyclic) bond motifs is 4. The van der Waals surface area contributed by atoms with E-state index in [1.54, 1.807) is 6.07 Å². The summed E-state index contributed by atoms with van der Waals surface area (Å²) in [7, 11) is 0. The van der Waals surface area contributed by atoms with Crippen LogP contribution in [0.25, 0.3) is 0 Å². The Morgan fingerprint density at radius 2 is 0.967 bits per heavy atom. The van der Waals surface area contributed by atoms with Crippen LogP contribution >= 0.6 is 0 Å². The van der Waals surface area contributed by atoms with Crippen molar-refractivity contribution in [1.29, 1.82) is 0 Å². The van der Waals surface area contributed by atoms with Crippen molar-refractivity contribution in [1.82, 2.24) is 0 Å². The van der Waals surface area contributed by atoms with E-state index in [2.05, 4.69) is 156 Å². The molecular formula is C51H69F4N3O3. The van der Waals surface area contributed by atoms with E-state index in [-0.39, 0.29) is 38.7 Å². The van der Waals surface area contributed by atoms with Gasteiger partial charge in [0.15, 0.2) is 11.5 Å². The fraction of sp³-hybridized carbons (Fsp3) is 0.529. The Kier molecular flexibility index (Phi) is 13.4. The maximum Gasteiger partial charge on any atom is 0.507 e. The second-order valence-electron chi connectivity index (χ2n) is 21.3. The third-order valence-corrected chi connectivity index (χ3v) is 11.1. The van der Waals surface area contributed by atoms with Crippen molar-refractivity contribution in [3.8, 4) is 17.2 Å². The molecule has 4 aromatic rings. The van der Waals surface area contributed by atoms with Gasteiger partial charge in [0, 0.05) is 30.0 Å². The highest BCUT2D eigenvalue weighted by molar-refractivity contribution is 5.61. The zero-order valence-electron chi connectivity index (χ0n) is 38.9. The van der Waals surface area contributed by atoms with Gasteiger partial charge in [-0.15, -0.1) is 0 Å². The van der Waals surface area contributed by atoms with Crippen LogP contribution in [-0.4, -0.2) is 37.5 Å². The van der Waals surface area contributed by atoms with E-state index in [1.807, 2.05) is 20.8 Å². The van der Waals surface area contributed by atoms with Gasteiger partial charge in [-0.25, -0.2) is 0 Å². The summed E-state index contributed by atoms with van der Waals surface area (Å²) < 4.78 is 65.4. The summed E-state index contributed by atoms with van der Waals surface area (Å²) in [5.74, 6) is 0.210. The quantitative estimate of drug-likeness (QED) is 0.153. The second kappa shape index (κ2) is 17.3. The van der Waals surface area contributed by atoms with E-state index >= 15 is 0 Å². The van der Waals surface area contributed by atoms with Crippen molar-refractivity contribution in [2.45, 2.75) is 156 Å². The molecule has 0 aliphatic carbocycles. The molecule has 4 heterocycles. The van der Waals surface area contributed by atoms with E-state index in [1.165, 1.54) is 64.2 Å². The Balaban J connectivity index is 0.000000155. The Morgan fingerprint density at radius 1 is 0.492 bits per heavy atom. The lowest BCUT2D eigenvalue weighted by molar-refractivity contribution is -0.391. The topological polar surface area (TPSA) is 63.8 Å². The molecule has 0 aromatic heterocycles.